The van der Waals surface area contributed by atoms with Crippen molar-refractivity contribution in [2.75, 3.05) is 0 Å². The minimum Gasteiger partial charge on any atom is -0.332 e. The van der Waals surface area contributed by atoms with Crippen LogP contribution in [-0.4, -0.2) is 18.4 Å². The topological polar surface area (TPSA) is 74.8 Å². The van der Waals surface area contributed by atoms with Gasteiger partial charge in [-0.25, -0.2) is 22.5 Å². The van der Waals surface area contributed by atoms with Crippen molar-refractivity contribution in [1.82, 2.24) is 14.7 Å². The first-order valence-corrected chi connectivity index (χ1v) is 6.71. The summed E-state index contributed by atoms with van der Waals surface area (Å²) in [6.07, 6.45) is 1.25. The van der Waals surface area contributed by atoms with Gasteiger partial charge in [0.05, 0.1) is 6.20 Å². The maximum absolute atomic E-state index is 12.7. The van der Waals surface area contributed by atoms with Crippen LogP contribution in [0.25, 0.3) is 0 Å². The number of rotatable bonds is 4. The zero-order chi connectivity index (χ0) is 13.2. The Balaban J connectivity index is 2.08. The molecule has 1 aromatic carbocycles. The van der Waals surface area contributed by atoms with Crippen molar-refractivity contribution in [2.45, 2.75) is 18.5 Å². The van der Waals surface area contributed by atoms with E-state index in [0.717, 1.165) is 0 Å². The van der Waals surface area contributed by atoms with E-state index in [1.807, 2.05) is 0 Å². The van der Waals surface area contributed by atoms with Crippen LogP contribution in [0, 0.1) is 12.7 Å². The van der Waals surface area contributed by atoms with Crippen LogP contribution in [0.5, 0.6) is 0 Å². The Labute approximate surface area is 104 Å². The quantitative estimate of drug-likeness (QED) is 0.879. The number of imidazole rings is 1. The van der Waals surface area contributed by atoms with E-state index in [-0.39, 0.29) is 17.4 Å². The Morgan fingerprint density at radius 1 is 1.33 bits per heavy atom. The summed E-state index contributed by atoms with van der Waals surface area (Å²) >= 11 is 0. The third kappa shape index (κ3) is 2.93. The van der Waals surface area contributed by atoms with E-state index in [9.17, 15) is 12.8 Å². The first-order chi connectivity index (χ1) is 8.47. The van der Waals surface area contributed by atoms with Crippen molar-refractivity contribution in [2.24, 2.45) is 0 Å². The second kappa shape index (κ2) is 4.87. The molecule has 0 bridgehead atoms. The van der Waals surface area contributed by atoms with Crippen LogP contribution in [0.1, 0.15) is 11.4 Å². The predicted octanol–water partition coefficient (Wildman–Crippen LogP) is 1.34. The molecule has 5 nitrogen and oxygen atoms in total. The Kier molecular flexibility index (Phi) is 3.44. The first kappa shape index (κ1) is 12.7. The molecule has 0 unspecified atom stereocenters. The molecule has 0 aliphatic carbocycles. The SMILES string of the molecule is Cc1ncc(S(=O)(=O)NCc2ccc(F)cc2)[nH]1. The first-order valence-electron chi connectivity index (χ1n) is 5.23. The fourth-order valence-corrected chi connectivity index (χ4v) is 2.38. The van der Waals surface area contributed by atoms with Gasteiger partial charge >= 0.3 is 0 Å². The Morgan fingerprint density at radius 2 is 2.00 bits per heavy atom. The number of sulfonamides is 1. The third-order valence-electron chi connectivity index (χ3n) is 2.35. The average molecular weight is 269 g/mol. The summed E-state index contributed by atoms with van der Waals surface area (Å²) in [5, 5.41) is 0.0158. The number of benzene rings is 1. The van der Waals surface area contributed by atoms with Gasteiger partial charge in [0.1, 0.15) is 11.6 Å². The van der Waals surface area contributed by atoms with E-state index in [1.54, 1.807) is 6.92 Å². The molecule has 18 heavy (non-hydrogen) atoms. The van der Waals surface area contributed by atoms with E-state index in [4.69, 9.17) is 0 Å². The van der Waals surface area contributed by atoms with Gasteiger partial charge in [0.15, 0.2) is 5.03 Å². The van der Waals surface area contributed by atoms with E-state index in [0.29, 0.717) is 11.4 Å². The second-order valence-corrected chi connectivity index (χ2v) is 5.52. The lowest BCUT2D eigenvalue weighted by Crippen LogP contribution is -2.23. The molecule has 0 aliphatic rings. The third-order valence-corrected chi connectivity index (χ3v) is 3.66. The van der Waals surface area contributed by atoms with E-state index < -0.39 is 10.0 Å². The second-order valence-electron chi connectivity index (χ2n) is 3.78. The number of aromatic nitrogens is 2. The molecule has 1 aromatic heterocycles. The summed E-state index contributed by atoms with van der Waals surface area (Å²) in [5.74, 6) is 0.169. The van der Waals surface area contributed by atoms with Gasteiger partial charge in [-0.15, -0.1) is 0 Å². The maximum atomic E-state index is 12.7. The van der Waals surface area contributed by atoms with Crippen LogP contribution in [-0.2, 0) is 16.6 Å². The van der Waals surface area contributed by atoms with Gasteiger partial charge in [-0.3, -0.25) is 0 Å². The van der Waals surface area contributed by atoms with Gasteiger partial charge in [0, 0.05) is 6.54 Å². The van der Waals surface area contributed by atoms with Crippen LogP contribution in [0.2, 0.25) is 0 Å². The molecule has 2 N–H and O–H groups in total. The highest BCUT2D eigenvalue weighted by Gasteiger charge is 2.15. The van der Waals surface area contributed by atoms with Crippen molar-refractivity contribution in [3.63, 3.8) is 0 Å². The molecule has 1 heterocycles. The molecule has 2 aromatic rings. The number of nitrogens with one attached hydrogen (secondary N) is 2. The van der Waals surface area contributed by atoms with Crippen LogP contribution < -0.4 is 4.72 Å². The zero-order valence-corrected chi connectivity index (χ0v) is 10.5. The molecule has 0 saturated carbocycles. The molecular weight excluding hydrogens is 257 g/mol. The van der Waals surface area contributed by atoms with Gasteiger partial charge in [-0.2, -0.15) is 0 Å². The lowest BCUT2D eigenvalue weighted by molar-refractivity contribution is 0.578. The highest BCUT2D eigenvalue weighted by atomic mass is 32.2. The Hall–Kier alpha value is -1.73. The van der Waals surface area contributed by atoms with Gasteiger partial charge < -0.3 is 4.98 Å². The zero-order valence-electron chi connectivity index (χ0n) is 9.64. The van der Waals surface area contributed by atoms with Gasteiger partial charge in [0.25, 0.3) is 10.0 Å². The number of H-pyrrole nitrogens is 1. The van der Waals surface area contributed by atoms with Crippen molar-refractivity contribution in [1.29, 1.82) is 0 Å². The largest absolute Gasteiger partial charge is 0.332 e. The molecule has 96 valence electrons. The smallest absolute Gasteiger partial charge is 0.257 e. The monoisotopic (exact) mass is 269 g/mol. The molecule has 0 amide bonds. The van der Waals surface area contributed by atoms with E-state index in [2.05, 4.69) is 14.7 Å². The summed E-state index contributed by atoms with van der Waals surface area (Å²) in [4.78, 5) is 6.47. The normalized spacial score (nSPS) is 11.7. The number of nitrogens with zero attached hydrogens (tertiary/aromatic N) is 1. The fourth-order valence-electron chi connectivity index (χ4n) is 1.39. The highest BCUT2D eigenvalue weighted by Crippen LogP contribution is 2.07. The molecule has 0 fully saturated rings. The van der Waals surface area contributed by atoms with Crippen molar-refractivity contribution in [3.05, 3.63) is 47.7 Å². The summed E-state index contributed by atoms with van der Waals surface area (Å²) in [6, 6.07) is 5.61. The summed E-state index contributed by atoms with van der Waals surface area (Å²) < 4.78 is 38.7. The number of aryl methyl sites for hydroxylation is 1. The van der Waals surface area contributed by atoms with Gasteiger partial charge in [-0.05, 0) is 24.6 Å². The average Bonchev–Trinajstić information content (AvgIpc) is 2.76. The Bertz CT molecular complexity index is 635. The van der Waals surface area contributed by atoms with Crippen molar-refractivity contribution in [3.8, 4) is 0 Å². The molecule has 2 rings (SSSR count). The fraction of sp³-hybridized carbons (Fsp3) is 0.182. The molecule has 0 spiro atoms. The molecule has 7 heteroatoms. The van der Waals surface area contributed by atoms with Crippen LogP contribution in [0.3, 0.4) is 0 Å². The van der Waals surface area contributed by atoms with Crippen LogP contribution in [0.15, 0.2) is 35.5 Å². The molecule has 0 atom stereocenters. The number of aromatic amines is 1. The minimum absolute atomic E-state index is 0.0158. The van der Waals surface area contributed by atoms with E-state index >= 15 is 0 Å². The summed E-state index contributed by atoms with van der Waals surface area (Å²) in [7, 11) is -3.61. The highest BCUT2D eigenvalue weighted by molar-refractivity contribution is 7.89. The Morgan fingerprint density at radius 3 is 2.56 bits per heavy atom. The van der Waals surface area contributed by atoms with Crippen LogP contribution in [0.4, 0.5) is 4.39 Å². The van der Waals surface area contributed by atoms with Crippen molar-refractivity contribution < 1.29 is 12.8 Å². The standard InChI is InChI=1S/C11H12FN3O2S/c1-8-13-7-11(15-8)18(16,17)14-6-9-2-4-10(12)5-3-9/h2-5,7,14H,6H2,1H3,(H,13,15). The number of halogens is 1. The van der Waals surface area contributed by atoms with Gasteiger partial charge in [0.2, 0.25) is 0 Å². The summed E-state index contributed by atoms with van der Waals surface area (Å²) in [5.41, 5.74) is 0.677. The lowest BCUT2D eigenvalue weighted by Gasteiger charge is -2.04. The molecule has 0 aliphatic heterocycles. The number of hydrogen-bond acceptors (Lipinski definition) is 3. The molecule has 0 saturated heterocycles. The lowest BCUT2D eigenvalue weighted by atomic mass is 10.2. The molecular formula is C11H12FN3O2S. The van der Waals surface area contributed by atoms with Crippen LogP contribution >= 0.6 is 0 Å². The van der Waals surface area contributed by atoms with Crippen molar-refractivity contribution >= 4 is 10.0 Å². The maximum Gasteiger partial charge on any atom is 0.257 e. The minimum atomic E-state index is -3.61. The predicted molar refractivity (Wildman–Crippen MR) is 63.8 cm³/mol. The number of hydrogen-bond donors (Lipinski definition) is 2. The van der Waals surface area contributed by atoms with Gasteiger partial charge in [-0.1, -0.05) is 12.1 Å². The van der Waals surface area contributed by atoms with E-state index in [1.165, 1.54) is 30.5 Å². The molecule has 0 radical (unpaired) electrons. The summed E-state index contributed by atoms with van der Waals surface area (Å²) in [6.45, 7) is 1.76.